The van der Waals surface area contributed by atoms with Gasteiger partial charge in [-0.05, 0) is 34.5 Å². The number of thiophene rings is 1. The monoisotopic (exact) mass is 279 g/mol. The molecule has 0 spiro atoms. The first-order valence-electron chi connectivity index (χ1n) is 3.84. The van der Waals surface area contributed by atoms with Gasteiger partial charge < -0.3 is 15.9 Å². The number of hydrogen-bond donors (Lipinski definition) is 3. The maximum Gasteiger partial charge on any atom is 0.249 e. The number of carbonyl (C=O) groups excluding carboxylic acids is 1. The third-order valence-electron chi connectivity index (χ3n) is 1.76. The first-order chi connectivity index (χ1) is 6.43. The summed E-state index contributed by atoms with van der Waals surface area (Å²) in [5, 5.41) is 18.8. The average molecular weight is 280 g/mol. The molecule has 6 heteroatoms. The molecule has 1 aromatic rings. The van der Waals surface area contributed by atoms with Crippen LogP contribution >= 0.6 is 27.3 Å². The van der Waals surface area contributed by atoms with Gasteiger partial charge in [-0.2, -0.15) is 0 Å². The second-order valence-corrected chi connectivity index (χ2v) is 5.30. The lowest BCUT2D eigenvalue weighted by Gasteiger charge is -2.12. The molecule has 0 aliphatic rings. The van der Waals surface area contributed by atoms with E-state index in [9.17, 15) is 15.0 Å². The van der Waals surface area contributed by atoms with Crippen LogP contribution in [0.1, 0.15) is 16.5 Å². The molecule has 1 aromatic heterocycles. The highest BCUT2D eigenvalue weighted by atomic mass is 79.9. The predicted octanol–water partition coefficient (Wildman–Crippen LogP) is 0.699. The van der Waals surface area contributed by atoms with Crippen LogP contribution in [-0.4, -0.2) is 22.2 Å². The smallest absolute Gasteiger partial charge is 0.249 e. The molecule has 1 heterocycles. The first kappa shape index (κ1) is 11.6. The van der Waals surface area contributed by atoms with E-state index in [1.807, 2.05) is 6.92 Å². The van der Waals surface area contributed by atoms with E-state index in [4.69, 9.17) is 5.73 Å². The molecule has 0 aliphatic heterocycles. The molecule has 1 rings (SSSR count). The van der Waals surface area contributed by atoms with Gasteiger partial charge in [-0.1, -0.05) is 0 Å². The van der Waals surface area contributed by atoms with Crippen LogP contribution in [-0.2, 0) is 4.79 Å². The zero-order valence-electron chi connectivity index (χ0n) is 7.40. The van der Waals surface area contributed by atoms with Crippen LogP contribution in [0.5, 0.6) is 0 Å². The minimum absolute atomic E-state index is 0.515. The summed E-state index contributed by atoms with van der Waals surface area (Å²) in [5.41, 5.74) is 5.81. The van der Waals surface area contributed by atoms with Crippen molar-refractivity contribution in [2.24, 2.45) is 5.73 Å². The number of hydrogen-bond acceptors (Lipinski definition) is 4. The molecule has 0 aromatic carbocycles. The van der Waals surface area contributed by atoms with Gasteiger partial charge in [-0.3, -0.25) is 4.79 Å². The lowest BCUT2D eigenvalue weighted by atomic mass is 10.1. The van der Waals surface area contributed by atoms with Crippen LogP contribution in [0.4, 0.5) is 0 Å². The van der Waals surface area contributed by atoms with Crippen LogP contribution < -0.4 is 5.73 Å². The molecule has 78 valence electrons. The largest absolute Gasteiger partial charge is 0.384 e. The summed E-state index contributed by atoms with van der Waals surface area (Å²) in [6.45, 7) is 1.85. The zero-order valence-corrected chi connectivity index (χ0v) is 9.80. The zero-order chi connectivity index (χ0) is 10.9. The summed E-state index contributed by atoms with van der Waals surface area (Å²) in [6.07, 6.45) is -2.80. The highest BCUT2D eigenvalue weighted by molar-refractivity contribution is 9.11. The molecular weight excluding hydrogens is 270 g/mol. The molecule has 2 atom stereocenters. The number of carbonyl (C=O) groups is 1. The van der Waals surface area contributed by atoms with E-state index in [0.29, 0.717) is 4.88 Å². The SMILES string of the molecule is Cc1cc(C(O)C(O)C(N)=O)sc1Br. The molecule has 0 saturated carbocycles. The minimum atomic E-state index is -1.56. The fourth-order valence-electron chi connectivity index (χ4n) is 0.940. The molecular formula is C8H10BrNO3S. The Hall–Kier alpha value is -0.430. The first-order valence-corrected chi connectivity index (χ1v) is 5.45. The Balaban J connectivity index is 2.89. The van der Waals surface area contributed by atoms with Gasteiger partial charge in [0.1, 0.15) is 6.10 Å². The number of amides is 1. The molecule has 4 N–H and O–H groups in total. The highest BCUT2D eigenvalue weighted by Gasteiger charge is 2.25. The van der Waals surface area contributed by atoms with Gasteiger partial charge in [0.2, 0.25) is 5.91 Å². The molecule has 14 heavy (non-hydrogen) atoms. The molecule has 1 amide bonds. The van der Waals surface area contributed by atoms with Crippen LogP contribution in [0.15, 0.2) is 9.85 Å². The molecule has 2 unspecified atom stereocenters. The van der Waals surface area contributed by atoms with E-state index in [-0.39, 0.29) is 0 Å². The molecule has 0 fully saturated rings. The summed E-state index contributed by atoms with van der Waals surface area (Å²) in [5.74, 6) is -0.931. The summed E-state index contributed by atoms with van der Waals surface area (Å²) in [7, 11) is 0. The van der Waals surface area contributed by atoms with Gasteiger partial charge in [0.25, 0.3) is 0 Å². The number of aliphatic hydroxyl groups excluding tert-OH is 2. The topological polar surface area (TPSA) is 83.6 Å². The minimum Gasteiger partial charge on any atom is -0.384 e. The number of aliphatic hydroxyl groups is 2. The van der Waals surface area contributed by atoms with Crippen molar-refractivity contribution in [3.8, 4) is 0 Å². The summed E-state index contributed by atoms with van der Waals surface area (Å²) in [6, 6.07) is 1.70. The lowest BCUT2D eigenvalue weighted by molar-refractivity contribution is -0.131. The highest BCUT2D eigenvalue weighted by Crippen LogP contribution is 2.32. The van der Waals surface area contributed by atoms with Crippen molar-refractivity contribution in [2.45, 2.75) is 19.1 Å². The normalized spacial score (nSPS) is 15.1. The number of rotatable bonds is 3. The van der Waals surface area contributed by atoms with Gasteiger partial charge in [-0.15, -0.1) is 11.3 Å². The van der Waals surface area contributed by atoms with Crippen molar-refractivity contribution in [1.29, 1.82) is 0 Å². The Morgan fingerprint density at radius 2 is 2.21 bits per heavy atom. The third kappa shape index (κ3) is 2.33. The van der Waals surface area contributed by atoms with Crippen molar-refractivity contribution in [3.63, 3.8) is 0 Å². The second kappa shape index (κ2) is 4.39. The number of halogens is 1. The quantitative estimate of drug-likeness (QED) is 0.762. The molecule has 0 aliphatic carbocycles. The number of nitrogens with two attached hydrogens (primary N) is 1. The van der Waals surface area contributed by atoms with Crippen molar-refractivity contribution in [3.05, 3.63) is 20.3 Å². The Kier molecular flexibility index (Phi) is 3.65. The van der Waals surface area contributed by atoms with Gasteiger partial charge in [0, 0.05) is 4.88 Å². The fourth-order valence-corrected chi connectivity index (χ4v) is 2.53. The standard InChI is InChI=1S/C8H10BrNO3S/c1-3-2-4(14-7(3)9)5(11)6(12)8(10)13/h2,5-6,11-12H,1H3,(H2,10,13). The summed E-state index contributed by atoms with van der Waals surface area (Å²) >= 11 is 4.55. The van der Waals surface area contributed by atoms with E-state index in [1.165, 1.54) is 11.3 Å². The third-order valence-corrected chi connectivity index (χ3v) is 3.97. The Morgan fingerprint density at radius 1 is 1.64 bits per heavy atom. The fraction of sp³-hybridized carbons (Fsp3) is 0.375. The van der Waals surface area contributed by atoms with Crippen LogP contribution in [0.3, 0.4) is 0 Å². The predicted molar refractivity (Wildman–Crippen MR) is 56.9 cm³/mol. The van der Waals surface area contributed by atoms with E-state index in [1.54, 1.807) is 6.07 Å². The van der Waals surface area contributed by atoms with Gasteiger partial charge in [-0.25, -0.2) is 0 Å². The van der Waals surface area contributed by atoms with Crippen LogP contribution in [0.25, 0.3) is 0 Å². The van der Waals surface area contributed by atoms with Crippen molar-refractivity contribution < 1.29 is 15.0 Å². The Morgan fingerprint density at radius 3 is 2.57 bits per heavy atom. The van der Waals surface area contributed by atoms with Crippen LogP contribution in [0.2, 0.25) is 0 Å². The Labute approximate surface area is 93.5 Å². The molecule has 4 nitrogen and oxygen atoms in total. The maximum absolute atomic E-state index is 10.6. The van der Waals surface area contributed by atoms with E-state index < -0.39 is 18.1 Å². The second-order valence-electron chi connectivity index (χ2n) is 2.90. The van der Waals surface area contributed by atoms with Crippen molar-refractivity contribution in [1.82, 2.24) is 0 Å². The molecule has 0 bridgehead atoms. The van der Waals surface area contributed by atoms with E-state index in [2.05, 4.69) is 15.9 Å². The van der Waals surface area contributed by atoms with Crippen molar-refractivity contribution >= 4 is 33.2 Å². The molecule has 0 saturated heterocycles. The van der Waals surface area contributed by atoms with Crippen molar-refractivity contribution in [2.75, 3.05) is 0 Å². The average Bonchev–Trinajstić information content (AvgIpc) is 2.44. The summed E-state index contributed by atoms with van der Waals surface area (Å²) < 4.78 is 0.864. The number of aryl methyl sites for hydroxylation is 1. The van der Waals surface area contributed by atoms with Gasteiger partial charge >= 0.3 is 0 Å². The van der Waals surface area contributed by atoms with E-state index >= 15 is 0 Å². The van der Waals surface area contributed by atoms with Gasteiger partial charge in [0.05, 0.1) is 3.79 Å². The van der Waals surface area contributed by atoms with Crippen LogP contribution in [0, 0.1) is 6.92 Å². The lowest BCUT2D eigenvalue weighted by Crippen LogP contribution is -2.33. The maximum atomic E-state index is 10.6. The molecule has 0 radical (unpaired) electrons. The summed E-state index contributed by atoms with van der Waals surface area (Å²) in [4.78, 5) is 11.1. The Bertz CT molecular complexity index is 333. The number of primary amides is 1. The van der Waals surface area contributed by atoms with E-state index in [0.717, 1.165) is 9.35 Å². The van der Waals surface area contributed by atoms with Gasteiger partial charge in [0.15, 0.2) is 6.10 Å².